The van der Waals surface area contributed by atoms with Crippen LogP contribution in [0.15, 0.2) is 17.5 Å². The van der Waals surface area contributed by atoms with Crippen molar-refractivity contribution in [3.8, 4) is 0 Å². The van der Waals surface area contributed by atoms with E-state index in [9.17, 15) is 9.59 Å². The summed E-state index contributed by atoms with van der Waals surface area (Å²) in [4.78, 5) is 21.8. The molecule has 0 aliphatic rings. The number of methoxy groups -OCH3 is 1. The van der Waals surface area contributed by atoms with Crippen molar-refractivity contribution in [1.29, 1.82) is 0 Å². The third-order valence-corrected chi connectivity index (χ3v) is 2.54. The fourth-order valence-electron chi connectivity index (χ4n) is 0.942. The number of aliphatic carboxylic acids is 1. The molecule has 0 spiro atoms. The van der Waals surface area contributed by atoms with E-state index in [2.05, 4.69) is 4.74 Å². The highest BCUT2D eigenvalue weighted by atomic mass is 32.1. The summed E-state index contributed by atoms with van der Waals surface area (Å²) in [7, 11) is 1.32. The van der Waals surface area contributed by atoms with Gasteiger partial charge in [0.2, 0.25) is 0 Å². The topological polar surface area (TPSA) is 63.6 Å². The van der Waals surface area contributed by atoms with Gasteiger partial charge in [0.15, 0.2) is 0 Å². The first-order chi connectivity index (χ1) is 7.13. The molecule has 0 saturated heterocycles. The number of hydrogen-bond donors (Lipinski definition) is 1. The van der Waals surface area contributed by atoms with Gasteiger partial charge in [0.25, 0.3) is 0 Å². The molecule has 0 aliphatic carbocycles. The molecule has 1 rings (SSSR count). The molecule has 1 aromatic heterocycles. The van der Waals surface area contributed by atoms with Crippen LogP contribution in [-0.4, -0.2) is 24.2 Å². The maximum atomic E-state index is 11.1. The number of rotatable bonds is 4. The molecular formula is C10H10O4S. The zero-order chi connectivity index (χ0) is 11.3. The van der Waals surface area contributed by atoms with Crippen molar-refractivity contribution in [3.05, 3.63) is 28.0 Å². The van der Waals surface area contributed by atoms with Crippen molar-refractivity contribution in [3.63, 3.8) is 0 Å². The Hall–Kier alpha value is -1.62. The van der Waals surface area contributed by atoms with E-state index in [-0.39, 0.29) is 12.4 Å². The Morgan fingerprint density at radius 3 is 2.93 bits per heavy atom. The summed E-state index contributed by atoms with van der Waals surface area (Å²) >= 11 is 1.27. The molecule has 0 radical (unpaired) electrons. The summed E-state index contributed by atoms with van der Waals surface area (Å²) < 4.78 is 4.55. The van der Waals surface area contributed by atoms with Gasteiger partial charge in [-0.15, -0.1) is 11.3 Å². The van der Waals surface area contributed by atoms with Crippen LogP contribution in [0.1, 0.15) is 21.7 Å². The lowest BCUT2D eigenvalue weighted by atomic mass is 10.2. The van der Waals surface area contributed by atoms with Gasteiger partial charge in [-0.25, -0.2) is 4.79 Å². The standard InChI is InChI=1S/C10H10O4S/c1-14-10(13)8-5-7(6-15-8)3-2-4-9(11)12/h2-3,5-6H,4H2,1H3,(H,11,12). The fourth-order valence-corrected chi connectivity index (χ4v) is 1.74. The minimum atomic E-state index is -0.880. The van der Waals surface area contributed by atoms with Gasteiger partial charge in [-0.3, -0.25) is 4.79 Å². The van der Waals surface area contributed by atoms with Gasteiger partial charge in [0.1, 0.15) is 4.88 Å². The molecule has 0 aliphatic heterocycles. The molecule has 1 N–H and O–H groups in total. The number of thiophene rings is 1. The maximum absolute atomic E-state index is 11.1. The zero-order valence-electron chi connectivity index (χ0n) is 8.10. The number of ether oxygens (including phenoxy) is 1. The van der Waals surface area contributed by atoms with Crippen LogP contribution in [0.25, 0.3) is 6.08 Å². The van der Waals surface area contributed by atoms with Gasteiger partial charge < -0.3 is 9.84 Å². The average molecular weight is 226 g/mol. The van der Waals surface area contributed by atoms with Gasteiger partial charge in [0.05, 0.1) is 13.5 Å². The molecular weight excluding hydrogens is 216 g/mol. The smallest absolute Gasteiger partial charge is 0.348 e. The molecule has 4 nitrogen and oxygen atoms in total. The minimum absolute atomic E-state index is 0.0244. The van der Waals surface area contributed by atoms with Crippen LogP contribution >= 0.6 is 11.3 Å². The van der Waals surface area contributed by atoms with Gasteiger partial charge >= 0.3 is 11.9 Å². The first-order valence-electron chi connectivity index (χ1n) is 4.18. The molecule has 1 aromatic rings. The van der Waals surface area contributed by atoms with Crippen molar-refractivity contribution >= 4 is 29.4 Å². The molecule has 0 bridgehead atoms. The first-order valence-corrected chi connectivity index (χ1v) is 5.06. The SMILES string of the molecule is COC(=O)c1cc(C=CCC(=O)O)cs1. The third kappa shape index (κ3) is 3.55. The summed E-state index contributed by atoms with van der Waals surface area (Å²) in [6.45, 7) is 0. The first kappa shape index (κ1) is 11.5. The van der Waals surface area contributed by atoms with E-state index < -0.39 is 5.97 Å². The van der Waals surface area contributed by atoms with E-state index >= 15 is 0 Å². The molecule has 0 unspecified atom stereocenters. The highest BCUT2D eigenvalue weighted by Crippen LogP contribution is 2.16. The Balaban J connectivity index is 2.64. The van der Waals surface area contributed by atoms with Crippen LogP contribution in [0.3, 0.4) is 0 Å². The van der Waals surface area contributed by atoms with E-state index in [1.165, 1.54) is 24.5 Å². The van der Waals surface area contributed by atoms with Gasteiger partial charge in [-0.05, 0) is 17.0 Å². The number of esters is 1. The zero-order valence-corrected chi connectivity index (χ0v) is 8.91. The Bertz CT molecular complexity index is 392. The van der Waals surface area contributed by atoms with Crippen molar-refractivity contribution < 1.29 is 19.4 Å². The van der Waals surface area contributed by atoms with E-state index in [1.54, 1.807) is 17.5 Å². The molecule has 0 atom stereocenters. The van der Waals surface area contributed by atoms with Crippen LogP contribution in [0.5, 0.6) is 0 Å². The maximum Gasteiger partial charge on any atom is 0.348 e. The summed E-state index contributed by atoms with van der Waals surface area (Å²) in [5, 5.41) is 10.2. The Morgan fingerprint density at radius 2 is 2.33 bits per heavy atom. The van der Waals surface area contributed by atoms with E-state index in [1.807, 2.05) is 0 Å². The summed E-state index contributed by atoms with van der Waals surface area (Å²) in [6.07, 6.45) is 3.17. The normalized spacial score (nSPS) is 10.5. The molecule has 0 aromatic carbocycles. The second-order valence-electron chi connectivity index (χ2n) is 2.74. The highest BCUT2D eigenvalue weighted by Gasteiger charge is 2.07. The summed E-state index contributed by atoms with van der Waals surface area (Å²) in [5.41, 5.74) is 0.807. The largest absolute Gasteiger partial charge is 0.481 e. The van der Waals surface area contributed by atoms with Crippen molar-refractivity contribution in [1.82, 2.24) is 0 Å². The molecule has 0 fully saturated rings. The number of carbonyl (C=O) groups excluding carboxylic acids is 1. The third-order valence-electron chi connectivity index (χ3n) is 1.61. The van der Waals surface area contributed by atoms with Crippen molar-refractivity contribution in [2.45, 2.75) is 6.42 Å². The summed E-state index contributed by atoms with van der Waals surface area (Å²) in [6, 6.07) is 1.66. The van der Waals surface area contributed by atoms with E-state index in [0.717, 1.165) is 5.56 Å². The monoisotopic (exact) mass is 226 g/mol. The number of carboxylic acid groups (broad SMARTS) is 1. The highest BCUT2D eigenvalue weighted by molar-refractivity contribution is 7.12. The predicted molar refractivity (Wildman–Crippen MR) is 56.9 cm³/mol. The average Bonchev–Trinajstić information content (AvgIpc) is 2.65. The second-order valence-corrected chi connectivity index (χ2v) is 3.65. The van der Waals surface area contributed by atoms with Crippen LogP contribution < -0.4 is 0 Å². The number of carbonyl (C=O) groups is 2. The van der Waals surface area contributed by atoms with Crippen LogP contribution in [0, 0.1) is 0 Å². The lowest BCUT2D eigenvalue weighted by molar-refractivity contribution is -0.135. The fraction of sp³-hybridized carbons (Fsp3) is 0.200. The van der Waals surface area contributed by atoms with Gasteiger partial charge in [0, 0.05) is 0 Å². The molecule has 5 heteroatoms. The van der Waals surface area contributed by atoms with Crippen LogP contribution in [-0.2, 0) is 9.53 Å². The Labute approximate surface area is 90.8 Å². The molecule has 0 saturated carbocycles. The van der Waals surface area contributed by atoms with Crippen molar-refractivity contribution in [2.24, 2.45) is 0 Å². The van der Waals surface area contributed by atoms with E-state index in [0.29, 0.717) is 4.88 Å². The molecule has 80 valence electrons. The second kappa shape index (κ2) is 5.31. The van der Waals surface area contributed by atoms with Crippen LogP contribution in [0.4, 0.5) is 0 Å². The molecule has 0 amide bonds. The minimum Gasteiger partial charge on any atom is -0.481 e. The Morgan fingerprint density at radius 1 is 1.60 bits per heavy atom. The number of hydrogen-bond acceptors (Lipinski definition) is 4. The van der Waals surface area contributed by atoms with Crippen LogP contribution in [0.2, 0.25) is 0 Å². The number of carboxylic acids is 1. The lowest BCUT2D eigenvalue weighted by Crippen LogP contribution is -1.96. The van der Waals surface area contributed by atoms with Gasteiger partial charge in [-0.1, -0.05) is 12.2 Å². The lowest BCUT2D eigenvalue weighted by Gasteiger charge is -1.91. The predicted octanol–water partition coefficient (Wildman–Crippen LogP) is 2.02. The van der Waals surface area contributed by atoms with Crippen molar-refractivity contribution in [2.75, 3.05) is 7.11 Å². The Kier molecular flexibility index (Phi) is 4.05. The molecule has 1 heterocycles. The quantitative estimate of drug-likeness (QED) is 0.798. The van der Waals surface area contributed by atoms with Gasteiger partial charge in [-0.2, -0.15) is 0 Å². The summed E-state index contributed by atoms with van der Waals surface area (Å²) in [5.74, 6) is -1.26. The molecule has 15 heavy (non-hydrogen) atoms. The van der Waals surface area contributed by atoms with E-state index in [4.69, 9.17) is 5.11 Å².